The van der Waals surface area contributed by atoms with Gasteiger partial charge in [-0.25, -0.2) is 4.98 Å². The maximum absolute atomic E-state index is 11.8. The third kappa shape index (κ3) is 4.41. The molecule has 5 heteroatoms. The Kier molecular flexibility index (Phi) is 5.15. The second kappa shape index (κ2) is 6.87. The highest BCUT2D eigenvalue weighted by Crippen LogP contribution is 2.21. The lowest BCUT2D eigenvalue weighted by Gasteiger charge is -2.18. The third-order valence-corrected chi connectivity index (χ3v) is 3.38. The number of likely N-dealkylation sites (N-methyl/N-ethyl adjacent to an activating group) is 1. The second-order valence-corrected chi connectivity index (χ2v) is 5.88. The number of aromatic nitrogens is 1. The molecule has 0 fully saturated rings. The van der Waals surface area contributed by atoms with Crippen molar-refractivity contribution >= 4 is 28.4 Å². The highest BCUT2D eigenvalue weighted by Gasteiger charge is 2.11. The number of nitrogens with zero attached hydrogens (tertiary/aromatic N) is 2. The van der Waals surface area contributed by atoms with Crippen molar-refractivity contribution in [2.24, 2.45) is 0 Å². The molecule has 2 aromatic rings. The number of amides is 1. The predicted molar refractivity (Wildman–Crippen MR) is 86.4 cm³/mol. The SMILES string of the molecule is CC(C)NC(=O)CN(C)Cc1cc2ccccc2nc1Cl. The van der Waals surface area contributed by atoms with Gasteiger partial charge in [0.15, 0.2) is 0 Å². The Hall–Kier alpha value is -1.65. The van der Waals surface area contributed by atoms with Gasteiger partial charge in [-0.1, -0.05) is 29.8 Å². The summed E-state index contributed by atoms with van der Waals surface area (Å²) in [6.45, 7) is 4.81. The van der Waals surface area contributed by atoms with Crippen LogP contribution >= 0.6 is 11.6 Å². The summed E-state index contributed by atoms with van der Waals surface area (Å²) in [6, 6.07) is 10.0. The van der Waals surface area contributed by atoms with Crippen molar-refractivity contribution in [1.82, 2.24) is 15.2 Å². The minimum atomic E-state index is 0.0115. The van der Waals surface area contributed by atoms with Gasteiger partial charge in [-0.3, -0.25) is 9.69 Å². The fraction of sp³-hybridized carbons (Fsp3) is 0.375. The topological polar surface area (TPSA) is 45.2 Å². The monoisotopic (exact) mass is 305 g/mol. The fourth-order valence-corrected chi connectivity index (χ4v) is 2.41. The first-order chi connectivity index (χ1) is 9.95. The van der Waals surface area contributed by atoms with E-state index in [9.17, 15) is 4.79 Å². The zero-order chi connectivity index (χ0) is 15.4. The van der Waals surface area contributed by atoms with Gasteiger partial charge in [0.1, 0.15) is 5.15 Å². The van der Waals surface area contributed by atoms with Crippen LogP contribution < -0.4 is 5.32 Å². The van der Waals surface area contributed by atoms with Crippen molar-refractivity contribution in [3.8, 4) is 0 Å². The molecule has 112 valence electrons. The maximum Gasteiger partial charge on any atom is 0.234 e. The zero-order valence-electron chi connectivity index (χ0n) is 12.6. The van der Waals surface area contributed by atoms with Crippen molar-refractivity contribution in [2.45, 2.75) is 26.4 Å². The number of carbonyl (C=O) groups excluding carboxylic acids is 1. The number of hydrogen-bond donors (Lipinski definition) is 1. The van der Waals surface area contributed by atoms with Gasteiger partial charge in [0.25, 0.3) is 0 Å². The molecule has 0 atom stereocenters. The van der Waals surface area contributed by atoms with E-state index in [-0.39, 0.29) is 11.9 Å². The molecule has 0 aliphatic rings. The lowest BCUT2D eigenvalue weighted by molar-refractivity contribution is -0.122. The summed E-state index contributed by atoms with van der Waals surface area (Å²) in [6.07, 6.45) is 0. The summed E-state index contributed by atoms with van der Waals surface area (Å²) >= 11 is 6.23. The van der Waals surface area contributed by atoms with Gasteiger partial charge in [0.05, 0.1) is 12.1 Å². The average molecular weight is 306 g/mol. The van der Waals surface area contributed by atoms with Gasteiger partial charge in [-0.15, -0.1) is 0 Å². The summed E-state index contributed by atoms with van der Waals surface area (Å²) in [5.74, 6) is 0.0115. The molecule has 0 bridgehead atoms. The number of benzene rings is 1. The molecule has 0 saturated heterocycles. The normalized spacial score (nSPS) is 11.3. The first-order valence-corrected chi connectivity index (χ1v) is 7.35. The summed E-state index contributed by atoms with van der Waals surface area (Å²) in [5, 5.41) is 4.42. The number of hydrogen-bond acceptors (Lipinski definition) is 3. The lowest BCUT2D eigenvalue weighted by Crippen LogP contribution is -2.38. The first-order valence-electron chi connectivity index (χ1n) is 6.98. The number of halogens is 1. The Balaban J connectivity index is 2.08. The number of nitrogens with one attached hydrogen (secondary N) is 1. The Morgan fingerprint density at radius 3 is 2.81 bits per heavy atom. The van der Waals surface area contributed by atoms with Crippen LogP contribution in [0.5, 0.6) is 0 Å². The molecule has 0 unspecified atom stereocenters. The zero-order valence-corrected chi connectivity index (χ0v) is 13.3. The summed E-state index contributed by atoms with van der Waals surface area (Å²) < 4.78 is 0. The molecule has 1 N–H and O–H groups in total. The van der Waals surface area contributed by atoms with Crippen LogP contribution in [0.2, 0.25) is 5.15 Å². The highest BCUT2D eigenvalue weighted by molar-refractivity contribution is 6.30. The van der Waals surface area contributed by atoms with Gasteiger partial charge in [-0.05, 0) is 33.0 Å². The molecule has 0 spiro atoms. The molecule has 2 rings (SSSR count). The van der Waals surface area contributed by atoms with Crippen LogP contribution in [0.4, 0.5) is 0 Å². The van der Waals surface area contributed by atoms with Crippen molar-refractivity contribution < 1.29 is 4.79 Å². The lowest BCUT2D eigenvalue weighted by atomic mass is 10.1. The fourth-order valence-electron chi connectivity index (χ4n) is 2.21. The van der Waals surface area contributed by atoms with E-state index >= 15 is 0 Å². The quantitative estimate of drug-likeness (QED) is 0.864. The van der Waals surface area contributed by atoms with Crippen molar-refractivity contribution in [2.75, 3.05) is 13.6 Å². The molecule has 1 aromatic carbocycles. The molecule has 1 aromatic heterocycles. The minimum absolute atomic E-state index is 0.0115. The molecular formula is C16H20ClN3O. The van der Waals surface area contributed by atoms with Gasteiger partial charge in [0.2, 0.25) is 5.91 Å². The van der Waals surface area contributed by atoms with E-state index < -0.39 is 0 Å². The van der Waals surface area contributed by atoms with Crippen molar-refractivity contribution in [3.63, 3.8) is 0 Å². The van der Waals surface area contributed by atoms with Crippen LogP contribution in [0, 0.1) is 0 Å². The van der Waals surface area contributed by atoms with E-state index in [1.54, 1.807) is 0 Å². The molecule has 4 nitrogen and oxygen atoms in total. The summed E-state index contributed by atoms with van der Waals surface area (Å²) in [5.41, 5.74) is 1.81. The van der Waals surface area contributed by atoms with Crippen LogP contribution in [0.15, 0.2) is 30.3 Å². The van der Waals surface area contributed by atoms with Crippen LogP contribution in [0.1, 0.15) is 19.4 Å². The molecule has 0 radical (unpaired) electrons. The van der Waals surface area contributed by atoms with Gasteiger partial charge in [-0.2, -0.15) is 0 Å². The van der Waals surface area contributed by atoms with E-state index in [1.807, 2.05) is 56.1 Å². The van der Waals surface area contributed by atoms with Crippen LogP contribution in [0.3, 0.4) is 0 Å². The molecule has 1 heterocycles. The average Bonchev–Trinajstić information content (AvgIpc) is 2.38. The first kappa shape index (κ1) is 15.7. The second-order valence-electron chi connectivity index (χ2n) is 5.53. The molecular weight excluding hydrogens is 286 g/mol. The van der Waals surface area contributed by atoms with Gasteiger partial charge < -0.3 is 5.32 Å². The Bertz CT molecular complexity index is 642. The molecule has 0 aliphatic carbocycles. The van der Waals surface area contributed by atoms with E-state index in [1.165, 1.54) is 0 Å². The van der Waals surface area contributed by atoms with Gasteiger partial charge in [0, 0.05) is 23.5 Å². The van der Waals surface area contributed by atoms with Crippen LogP contribution in [-0.4, -0.2) is 35.4 Å². The smallest absolute Gasteiger partial charge is 0.234 e. The molecule has 0 aliphatic heterocycles. The van der Waals surface area contributed by atoms with E-state index in [0.29, 0.717) is 18.2 Å². The number of rotatable bonds is 5. The number of carbonyl (C=O) groups is 1. The standard InChI is InChI=1S/C16H20ClN3O/c1-11(2)18-15(21)10-20(3)9-13-8-12-6-4-5-7-14(12)19-16(13)17/h4-8,11H,9-10H2,1-3H3,(H,18,21). The van der Waals surface area contributed by atoms with E-state index in [2.05, 4.69) is 10.3 Å². The summed E-state index contributed by atoms with van der Waals surface area (Å²) in [7, 11) is 1.89. The predicted octanol–water partition coefficient (Wildman–Crippen LogP) is 2.84. The molecule has 1 amide bonds. The maximum atomic E-state index is 11.8. The third-order valence-electron chi connectivity index (χ3n) is 3.05. The Morgan fingerprint density at radius 1 is 1.38 bits per heavy atom. The van der Waals surface area contributed by atoms with Gasteiger partial charge >= 0.3 is 0 Å². The number of fused-ring (bicyclic) bond motifs is 1. The molecule has 21 heavy (non-hydrogen) atoms. The Morgan fingerprint density at radius 2 is 2.10 bits per heavy atom. The highest BCUT2D eigenvalue weighted by atomic mass is 35.5. The number of para-hydroxylation sites is 1. The minimum Gasteiger partial charge on any atom is -0.353 e. The summed E-state index contributed by atoms with van der Waals surface area (Å²) in [4.78, 5) is 18.1. The van der Waals surface area contributed by atoms with Crippen molar-refractivity contribution in [3.05, 3.63) is 41.0 Å². The Labute approximate surface area is 130 Å². The number of pyridine rings is 1. The van der Waals surface area contributed by atoms with Crippen molar-refractivity contribution in [1.29, 1.82) is 0 Å². The largest absolute Gasteiger partial charge is 0.353 e. The van der Waals surface area contributed by atoms with Crippen LogP contribution in [-0.2, 0) is 11.3 Å². The van der Waals surface area contributed by atoms with E-state index in [4.69, 9.17) is 11.6 Å². The van der Waals surface area contributed by atoms with E-state index in [0.717, 1.165) is 16.5 Å². The van der Waals surface area contributed by atoms with Crippen LogP contribution in [0.25, 0.3) is 10.9 Å². The molecule has 0 saturated carbocycles.